The number of Topliss-reactive ketones (excluding diaryl/α,β-unsaturated/α-hetero) is 2. The van der Waals surface area contributed by atoms with Crippen LogP contribution in [-0.4, -0.2) is 22.3 Å². The number of carbonyl (C=O) groups excluding carboxylic acids is 2. The Bertz CT molecular complexity index is 625. The minimum absolute atomic E-state index is 0.00210. The molecule has 0 unspecified atom stereocenters. The van der Waals surface area contributed by atoms with Crippen LogP contribution in [0.25, 0.3) is 0 Å². The Balaban J connectivity index is 2.05. The van der Waals surface area contributed by atoms with E-state index in [0.29, 0.717) is 17.4 Å². The van der Waals surface area contributed by atoms with E-state index in [-0.39, 0.29) is 29.3 Å². The van der Waals surface area contributed by atoms with Crippen LogP contribution in [0.15, 0.2) is 23.3 Å². The van der Waals surface area contributed by atoms with Crippen LogP contribution in [0.2, 0.25) is 0 Å². The summed E-state index contributed by atoms with van der Waals surface area (Å²) in [5.41, 5.74) is 0.400. The molecule has 0 saturated heterocycles. The van der Waals surface area contributed by atoms with Crippen LogP contribution < -0.4 is 0 Å². The summed E-state index contributed by atoms with van der Waals surface area (Å²) in [6, 6.07) is 0. The van der Waals surface area contributed by atoms with Crippen molar-refractivity contribution in [2.24, 2.45) is 29.1 Å². The lowest BCUT2D eigenvalue weighted by molar-refractivity contribution is -0.138. The molecule has 23 heavy (non-hydrogen) atoms. The molecule has 0 aliphatic heterocycles. The molecule has 1 N–H and O–H groups in total. The third-order valence-corrected chi connectivity index (χ3v) is 6.55. The number of aliphatic hydroxyl groups is 1. The molecular formula is C20H28O3. The molecule has 3 heteroatoms. The van der Waals surface area contributed by atoms with Crippen LogP contribution in [0.3, 0.4) is 0 Å². The SMILES string of the molecule is C/C1=C\[C@H]2C(=O)[C@@H](C)C[C@]2(O)C(=O)/C(C)=C/[C@@H]2[C@H](CC1)C2(C)C. The Kier molecular flexibility index (Phi) is 3.72. The Morgan fingerprint density at radius 3 is 2.48 bits per heavy atom. The molecule has 5 atom stereocenters. The van der Waals surface area contributed by atoms with Crippen molar-refractivity contribution in [2.45, 2.75) is 59.5 Å². The topological polar surface area (TPSA) is 54.4 Å². The van der Waals surface area contributed by atoms with Crippen LogP contribution in [0.5, 0.6) is 0 Å². The number of hydrogen-bond acceptors (Lipinski definition) is 3. The molecule has 0 aromatic heterocycles. The molecule has 0 amide bonds. The zero-order chi connectivity index (χ0) is 17.2. The number of ketones is 2. The van der Waals surface area contributed by atoms with Gasteiger partial charge in [0.1, 0.15) is 11.4 Å². The average molecular weight is 316 g/mol. The van der Waals surface area contributed by atoms with Crippen molar-refractivity contribution in [3.05, 3.63) is 23.3 Å². The minimum Gasteiger partial charge on any atom is -0.381 e. The predicted octanol–water partition coefficient (Wildman–Crippen LogP) is 3.47. The fourth-order valence-electron chi connectivity index (χ4n) is 4.80. The summed E-state index contributed by atoms with van der Waals surface area (Å²) in [5, 5.41) is 11.1. The second kappa shape index (κ2) is 5.14. The molecule has 126 valence electrons. The first-order chi connectivity index (χ1) is 10.6. The second-order valence-electron chi connectivity index (χ2n) is 8.59. The fraction of sp³-hybridized carbons (Fsp3) is 0.700. The molecule has 3 nitrogen and oxygen atoms in total. The lowest BCUT2D eigenvalue weighted by Crippen LogP contribution is -2.43. The maximum absolute atomic E-state index is 13.0. The Hall–Kier alpha value is -1.22. The molecule has 3 aliphatic rings. The van der Waals surface area contributed by atoms with Gasteiger partial charge in [-0.1, -0.05) is 38.5 Å². The maximum Gasteiger partial charge on any atom is 0.190 e. The molecule has 2 saturated carbocycles. The second-order valence-corrected chi connectivity index (χ2v) is 8.59. The number of carbonyl (C=O) groups is 2. The van der Waals surface area contributed by atoms with Gasteiger partial charge < -0.3 is 5.11 Å². The number of rotatable bonds is 0. The van der Waals surface area contributed by atoms with E-state index >= 15 is 0 Å². The largest absolute Gasteiger partial charge is 0.381 e. The van der Waals surface area contributed by atoms with E-state index in [4.69, 9.17) is 0 Å². The molecule has 0 spiro atoms. The van der Waals surface area contributed by atoms with Gasteiger partial charge in [-0.25, -0.2) is 0 Å². The first kappa shape index (κ1) is 16.6. The lowest BCUT2D eigenvalue weighted by Gasteiger charge is -2.26. The van der Waals surface area contributed by atoms with Gasteiger partial charge in [0.15, 0.2) is 5.78 Å². The summed E-state index contributed by atoms with van der Waals surface area (Å²) in [4.78, 5) is 25.4. The van der Waals surface area contributed by atoms with Crippen molar-refractivity contribution in [1.82, 2.24) is 0 Å². The smallest absolute Gasteiger partial charge is 0.190 e. The molecule has 0 radical (unpaired) electrons. The van der Waals surface area contributed by atoms with E-state index in [0.717, 1.165) is 18.4 Å². The van der Waals surface area contributed by atoms with Crippen molar-refractivity contribution in [1.29, 1.82) is 0 Å². The average Bonchev–Trinajstić information content (AvgIpc) is 2.90. The highest BCUT2D eigenvalue weighted by atomic mass is 16.3. The molecule has 0 aromatic rings. The Morgan fingerprint density at radius 1 is 1.17 bits per heavy atom. The van der Waals surface area contributed by atoms with Gasteiger partial charge in [-0.05, 0) is 55.9 Å². The van der Waals surface area contributed by atoms with E-state index in [1.807, 2.05) is 19.9 Å². The summed E-state index contributed by atoms with van der Waals surface area (Å²) in [7, 11) is 0. The van der Waals surface area contributed by atoms with Crippen LogP contribution in [-0.2, 0) is 9.59 Å². The zero-order valence-corrected chi connectivity index (χ0v) is 14.8. The van der Waals surface area contributed by atoms with Crippen LogP contribution in [0.1, 0.15) is 53.9 Å². The third kappa shape index (κ3) is 2.44. The van der Waals surface area contributed by atoms with Crippen LogP contribution in [0, 0.1) is 29.1 Å². The van der Waals surface area contributed by atoms with Crippen molar-refractivity contribution >= 4 is 11.6 Å². The zero-order valence-electron chi connectivity index (χ0n) is 14.8. The molecule has 3 rings (SSSR count). The molecule has 2 fully saturated rings. The standard InChI is InChI=1S/C20H28O3/c1-11-6-7-14-15(19(14,4)5)9-12(2)18(22)20(23)10-13(3)17(21)16(20)8-11/h8-9,13-16,23H,6-7,10H2,1-5H3/b11-8+,12-9+/t13-,14-,15+,16-,20+/m0/s1. The minimum atomic E-state index is -1.56. The summed E-state index contributed by atoms with van der Waals surface area (Å²) < 4.78 is 0. The van der Waals surface area contributed by atoms with Gasteiger partial charge in [-0.2, -0.15) is 0 Å². The maximum atomic E-state index is 13.0. The van der Waals surface area contributed by atoms with E-state index in [1.54, 1.807) is 6.92 Å². The van der Waals surface area contributed by atoms with Crippen molar-refractivity contribution in [3.8, 4) is 0 Å². The predicted molar refractivity (Wildman–Crippen MR) is 89.7 cm³/mol. The third-order valence-electron chi connectivity index (χ3n) is 6.55. The van der Waals surface area contributed by atoms with Crippen LogP contribution >= 0.6 is 0 Å². The molecule has 0 heterocycles. The Labute approximate surface area is 138 Å². The van der Waals surface area contributed by atoms with Gasteiger partial charge >= 0.3 is 0 Å². The summed E-state index contributed by atoms with van der Waals surface area (Å²) in [6.07, 6.45) is 6.16. The van der Waals surface area contributed by atoms with Crippen molar-refractivity contribution in [3.63, 3.8) is 0 Å². The number of hydrogen-bond donors (Lipinski definition) is 1. The van der Waals surface area contributed by atoms with Gasteiger partial charge in [-0.3, -0.25) is 9.59 Å². The van der Waals surface area contributed by atoms with E-state index in [2.05, 4.69) is 19.9 Å². The van der Waals surface area contributed by atoms with Gasteiger partial charge in [0, 0.05) is 5.92 Å². The van der Waals surface area contributed by atoms with Crippen molar-refractivity contribution in [2.75, 3.05) is 0 Å². The summed E-state index contributed by atoms with van der Waals surface area (Å²) >= 11 is 0. The van der Waals surface area contributed by atoms with E-state index in [1.165, 1.54) is 0 Å². The summed E-state index contributed by atoms with van der Waals surface area (Å²) in [6.45, 7) is 10.1. The quantitative estimate of drug-likeness (QED) is 0.696. The molecule has 0 aromatic carbocycles. The van der Waals surface area contributed by atoms with E-state index in [9.17, 15) is 14.7 Å². The highest BCUT2D eigenvalue weighted by Crippen LogP contribution is 2.62. The van der Waals surface area contributed by atoms with Crippen LogP contribution in [0.4, 0.5) is 0 Å². The molecular weight excluding hydrogens is 288 g/mol. The van der Waals surface area contributed by atoms with Gasteiger partial charge in [0.25, 0.3) is 0 Å². The fourth-order valence-corrected chi connectivity index (χ4v) is 4.80. The number of fused-ring (bicyclic) bond motifs is 2. The number of allylic oxidation sites excluding steroid dienone is 2. The van der Waals surface area contributed by atoms with Crippen molar-refractivity contribution < 1.29 is 14.7 Å². The molecule has 0 bridgehead atoms. The molecule has 3 aliphatic carbocycles. The van der Waals surface area contributed by atoms with Gasteiger partial charge in [-0.15, -0.1) is 0 Å². The van der Waals surface area contributed by atoms with Gasteiger partial charge in [0.05, 0.1) is 5.92 Å². The first-order valence-corrected chi connectivity index (χ1v) is 8.75. The Morgan fingerprint density at radius 2 is 1.83 bits per heavy atom. The highest BCUT2D eigenvalue weighted by Gasteiger charge is 2.58. The highest BCUT2D eigenvalue weighted by molar-refractivity contribution is 6.07. The lowest BCUT2D eigenvalue weighted by atomic mass is 9.82. The summed E-state index contributed by atoms with van der Waals surface area (Å²) in [5.74, 6) is -0.232. The van der Waals surface area contributed by atoms with E-state index < -0.39 is 11.5 Å². The normalized spacial score (nSPS) is 47.6. The monoisotopic (exact) mass is 316 g/mol. The first-order valence-electron chi connectivity index (χ1n) is 8.75. The van der Waals surface area contributed by atoms with Gasteiger partial charge in [0.2, 0.25) is 0 Å².